The van der Waals surface area contributed by atoms with Crippen LogP contribution < -0.4 is 0 Å². The van der Waals surface area contributed by atoms with Crippen LogP contribution in [0.1, 0.15) is 32.6 Å². The Balaban J connectivity index is 3.26. The van der Waals surface area contributed by atoms with Gasteiger partial charge in [-0.15, -0.1) is 6.58 Å². The molecule has 0 aliphatic carbocycles. The van der Waals surface area contributed by atoms with E-state index in [4.69, 9.17) is 5.26 Å². The molecule has 0 rings (SSSR count). The molecular formula is C11H17N. The van der Waals surface area contributed by atoms with E-state index in [-0.39, 0.29) is 5.92 Å². The van der Waals surface area contributed by atoms with Gasteiger partial charge in [-0.3, -0.25) is 0 Å². The highest BCUT2D eigenvalue weighted by atomic mass is 14.2. The maximum Gasteiger partial charge on any atom is 0.0656 e. The summed E-state index contributed by atoms with van der Waals surface area (Å²) < 4.78 is 0. The summed E-state index contributed by atoms with van der Waals surface area (Å²) in [6.45, 7) is 5.59. The molecule has 0 radical (unpaired) electrons. The Morgan fingerprint density at radius 2 is 2.17 bits per heavy atom. The van der Waals surface area contributed by atoms with Crippen molar-refractivity contribution in [2.45, 2.75) is 32.6 Å². The van der Waals surface area contributed by atoms with Crippen LogP contribution in [0.2, 0.25) is 0 Å². The predicted octanol–water partition coefficient (Wildman–Crippen LogP) is 3.45. The van der Waals surface area contributed by atoms with Crippen LogP contribution in [-0.4, -0.2) is 0 Å². The van der Waals surface area contributed by atoms with E-state index < -0.39 is 0 Å². The van der Waals surface area contributed by atoms with Crippen LogP contribution >= 0.6 is 0 Å². The molecule has 0 aromatic carbocycles. The lowest BCUT2D eigenvalue weighted by atomic mass is 10.1. The fourth-order valence-electron chi connectivity index (χ4n) is 0.851. The van der Waals surface area contributed by atoms with Gasteiger partial charge >= 0.3 is 0 Å². The molecule has 0 saturated heterocycles. The van der Waals surface area contributed by atoms with Gasteiger partial charge in [0.2, 0.25) is 0 Å². The molecule has 1 nitrogen and oxygen atoms in total. The van der Waals surface area contributed by atoms with Gasteiger partial charge in [0.15, 0.2) is 0 Å². The van der Waals surface area contributed by atoms with Gasteiger partial charge in [-0.2, -0.15) is 5.26 Å². The smallest absolute Gasteiger partial charge is 0.0656 e. The maximum atomic E-state index is 8.48. The second-order valence-electron chi connectivity index (χ2n) is 2.96. The lowest BCUT2D eigenvalue weighted by Crippen LogP contribution is -1.84. The molecular weight excluding hydrogens is 146 g/mol. The minimum Gasteiger partial charge on any atom is -0.198 e. The van der Waals surface area contributed by atoms with Gasteiger partial charge in [-0.05, 0) is 32.6 Å². The minimum absolute atomic E-state index is 0.153. The molecule has 1 heteroatoms. The zero-order valence-electron chi connectivity index (χ0n) is 7.79. The van der Waals surface area contributed by atoms with E-state index >= 15 is 0 Å². The number of nitrogens with zero attached hydrogens (tertiary/aromatic N) is 1. The van der Waals surface area contributed by atoms with Crippen LogP contribution in [0.5, 0.6) is 0 Å². The summed E-state index contributed by atoms with van der Waals surface area (Å²) in [4.78, 5) is 0. The molecule has 0 heterocycles. The van der Waals surface area contributed by atoms with Crippen LogP contribution in [0.15, 0.2) is 24.8 Å². The quantitative estimate of drug-likeness (QED) is 0.434. The molecule has 0 aromatic rings. The molecule has 1 atom stereocenters. The summed E-state index contributed by atoms with van der Waals surface area (Å²) in [6, 6.07) is 2.20. The van der Waals surface area contributed by atoms with Crippen LogP contribution in [-0.2, 0) is 0 Å². The van der Waals surface area contributed by atoms with Crippen molar-refractivity contribution in [3.63, 3.8) is 0 Å². The highest BCUT2D eigenvalue weighted by Crippen LogP contribution is 2.02. The number of hydrogen-bond acceptors (Lipinski definition) is 1. The summed E-state index contributed by atoms with van der Waals surface area (Å²) in [5, 5.41) is 8.48. The zero-order valence-corrected chi connectivity index (χ0v) is 7.79. The fourth-order valence-corrected chi connectivity index (χ4v) is 0.851. The van der Waals surface area contributed by atoms with Crippen molar-refractivity contribution in [3.05, 3.63) is 24.8 Å². The molecule has 0 spiro atoms. The Morgan fingerprint density at radius 3 is 2.75 bits per heavy atom. The molecule has 66 valence electrons. The lowest BCUT2D eigenvalue weighted by Gasteiger charge is -1.93. The Bertz CT molecular complexity index is 174. The van der Waals surface area contributed by atoms with Crippen molar-refractivity contribution in [2.75, 3.05) is 0 Å². The van der Waals surface area contributed by atoms with Crippen molar-refractivity contribution in [3.8, 4) is 6.07 Å². The third-order valence-electron chi connectivity index (χ3n) is 1.66. The van der Waals surface area contributed by atoms with Gasteiger partial charge in [-0.25, -0.2) is 0 Å². The van der Waals surface area contributed by atoms with Crippen LogP contribution in [0.25, 0.3) is 0 Å². The molecule has 0 amide bonds. The lowest BCUT2D eigenvalue weighted by molar-refractivity contribution is 0.755. The first-order chi connectivity index (χ1) is 5.81. The molecule has 12 heavy (non-hydrogen) atoms. The van der Waals surface area contributed by atoms with Crippen LogP contribution in [0.4, 0.5) is 0 Å². The fraction of sp³-hybridized carbons (Fsp3) is 0.545. The summed E-state index contributed by atoms with van der Waals surface area (Å²) in [6.07, 6.45) is 10.4. The third-order valence-corrected chi connectivity index (χ3v) is 1.66. The average molecular weight is 163 g/mol. The molecule has 0 N–H and O–H groups in total. The molecule has 1 unspecified atom stereocenters. The van der Waals surface area contributed by atoms with Crippen molar-refractivity contribution in [1.82, 2.24) is 0 Å². The molecule has 0 fully saturated rings. The molecule has 0 saturated carbocycles. The number of rotatable bonds is 6. The summed E-state index contributed by atoms with van der Waals surface area (Å²) in [5.74, 6) is 0.153. The van der Waals surface area contributed by atoms with E-state index in [2.05, 4.69) is 24.8 Å². The van der Waals surface area contributed by atoms with Crippen molar-refractivity contribution in [1.29, 1.82) is 5.26 Å². The molecule has 0 aliphatic rings. The van der Waals surface area contributed by atoms with E-state index in [1.54, 1.807) is 0 Å². The van der Waals surface area contributed by atoms with Gasteiger partial charge in [0.1, 0.15) is 0 Å². The Hall–Kier alpha value is -1.03. The second-order valence-corrected chi connectivity index (χ2v) is 2.96. The highest BCUT2D eigenvalue weighted by molar-refractivity contribution is 4.90. The number of unbranched alkanes of at least 4 members (excludes halogenated alkanes) is 2. The predicted molar refractivity (Wildman–Crippen MR) is 52.6 cm³/mol. The van der Waals surface area contributed by atoms with Crippen molar-refractivity contribution < 1.29 is 0 Å². The standard InChI is InChI=1S/C11H17N/c1-3-4-5-6-7-8-9-11(2)10-12/h3,7-8,11H,1,4-6,9H2,2H3/b8-7+. The molecule has 0 aliphatic heterocycles. The Labute approximate surface area is 75.4 Å². The average Bonchev–Trinajstić information content (AvgIpc) is 2.10. The highest BCUT2D eigenvalue weighted by Gasteiger charge is 1.92. The first kappa shape index (κ1) is 11.0. The van der Waals surface area contributed by atoms with E-state index in [9.17, 15) is 0 Å². The van der Waals surface area contributed by atoms with Crippen LogP contribution in [0.3, 0.4) is 0 Å². The van der Waals surface area contributed by atoms with Crippen molar-refractivity contribution in [2.24, 2.45) is 5.92 Å². The normalized spacial score (nSPS) is 12.7. The van der Waals surface area contributed by atoms with E-state index in [1.807, 2.05) is 13.0 Å². The van der Waals surface area contributed by atoms with Gasteiger partial charge in [0, 0.05) is 5.92 Å². The largest absolute Gasteiger partial charge is 0.198 e. The third kappa shape index (κ3) is 7.08. The molecule has 0 bridgehead atoms. The van der Waals surface area contributed by atoms with Gasteiger partial charge in [0.05, 0.1) is 6.07 Å². The summed E-state index contributed by atoms with van der Waals surface area (Å²) >= 11 is 0. The summed E-state index contributed by atoms with van der Waals surface area (Å²) in [5.41, 5.74) is 0. The van der Waals surface area contributed by atoms with E-state index in [0.29, 0.717) is 0 Å². The topological polar surface area (TPSA) is 23.8 Å². The summed E-state index contributed by atoms with van der Waals surface area (Å²) in [7, 11) is 0. The van der Waals surface area contributed by atoms with Gasteiger partial charge in [0.25, 0.3) is 0 Å². The Kier molecular flexibility index (Phi) is 7.38. The first-order valence-corrected chi connectivity index (χ1v) is 4.46. The number of hydrogen-bond donors (Lipinski definition) is 0. The van der Waals surface area contributed by atoms with E-state index in [0.717, 1.165) is 19.3 Å². The Morgan fingerprint density at radius 1 is 1.42 bits per heavy atom. The monoisotopic (exact) mass is 163 g/mol. The van der Waals surface area contributed by atoms with E-state index in [1.165, 1.54) is 6.42 Å². The number of nitriles is 1. The molecule has 0 aromatic heterocycles. The number of allylic oxidation sites excluding steroid dienone is 3. The SMILES string of the molecule is C=CCCC/C=C/CC(C)C#N. The first-order valence-electron chi connectivity index (χ1n) is 4.46. The van der Waals surface area contributed by atoms with Crippen LogP contribution in [0, 0.1) is 17.2 Å². The van der Waals surface area contributed by atoms with Gasteiger partial charge in [-0.1, -0.05) is 18.2 Å². The van der Waals surface area contributed by atoms with Crippen molar-refractivity contribution >= 4 is 0 Å². The maximum absolute atomic E-state index is 8.48. The second kappa shape index (κ2) is 8.07. The van der Waals surface area contributed by atoms with Gasteiger partial charge < -0.3 is 0 Å². The minimum atomic E-state index is 0.153. The zero-order chi connectivity index (χ0) is 9.23.